The van der Waals surface area contributed by atoms with Gasteiger partial charge in [-0.2, -0.15) is 0 Å². The number of rotatable bonds is 2. The summed E-state index contributed by atoms with van der Waals surface area (Å²) in [4.78, 5) is 11.5. The SMILES string of the molecule is CCc1cc(N2C[C@H]3CCC(N)C[C@H]3C2)nc(C)n1. The van der Waals surface area contributed by atoms with Crippen molar-refractivity contribution in [3.8, 4) is 0 Å². The summed E-state index contributed by atoms with van der Waals surface area (Å²) in [6.07, 6.45) is 4.64. The zero-order chi connectivity index (χ0) is 13.4. The topological polar surface area (TPSA) is 55.0 Å². The van der Waals surface area contributed by atoms with Gasteiger partial charge in [0.1, 0.15) is 11.6 Å². The molecular weight excluding hydrogens is 236 g/mol. The Hall–Kier alpha value is -1.16. The maximum atomic E-state index is 6.10. The fourth-order valence-electron chi connectivity index (χ4n) is 3.61. The van der Waals surface area contributed by atoms with Crippen LogP contribution in [0.4, 0.5) is 5.82 Å². The van der Waals surface area contributed by atoms with Crippen LogP contribution < -0.4 is 10.6 Å². The van der Waals surface area contributed by atoms with E-state index in [1.165, 1.54) is 19.3 Å². The van der Waals surface area contributed by atoms with Gasteiger partial charge in [0.15, 0.2) is 0 Å². The maximum absolute atomic E-state index is 6.10. The smallest absolute Gasteiger partial charge is 0.132 e. The predicted molar refractivity (Wildman–Crippen MR) is 77.2 cm³/mol. The van der Waals surface area contributed by atoms with Crippen molar-refractivity contribution in [2.24, 2.45) is 17.6 Å². The van der Waals surface area contributed by atoms with Crippen molar-refractivity contribution in [2.75, 3.05) is 18.0 Å². The summed E-state index contributed by atoms with van der Waals surface area (Å²) in [5, 5.41) is 0. The summed E-state index contributed by atoms with van der Waals surface area (Å²) in [6.45, 7) is 6.41. The third-order valence-electron chi connectivity index (χ3n) is 4.65. The average Bonchev–Trinajstić information content (AvgIpc) is 2.80. The molecule has 0 radical (unpaired) electrons. The van der Waals surface area contributed by atoms with Gasteiger partial charge in [0.25, 0.3) is 0 Å². The number of anilines is 1. The Kier molecular flexibility index (Phi) is 3.44. The van der Waals surface area contributed by atoms with E-state index >= 15 is 0 Å². The molecule has 1 aliphatic heterocycles. The lowest BCUT2D eigenvalue weighted by Gasteiger charge is -2.27. The Labute approximate surface area is 115 Å². The van der Waals surface area contributed by atoms with E-state index in [0.717, 1.165) is 48.7 Å². The molecule has 104 valence electrons. The number of hydrogen-bond donors (Lipinski definition) is 1. The quantitative estimate of drug-likeness (QED) is 0.882. The summed E-state index contributed by atoms with van der Waals surface area (Å²) in [5.74, 6) is 3.59. The van der Waals surface area contributed by atoms with Gasteiger partial charge in [0.2, 0.25) is 0 Å². The molecule has 3 rings (SSSR count). The van der Waals surface area contributed by atoms with Crippen molar-refractivity contribution in [1.82, 2.24) is 9.97 Å². The van der Waals surface area contributed by atoms with E-state index in [4.69, 9.17) is 5.73 Å². The number of hydrogen-bond acceptors (Lipinski definition) is 4. The molecule has 4 nitrogen and oxygen atoms in total. The Morgan fingerprint density at radius 1 is 1.26 bits per heavy atom. The minimum atomic E-state index is 0.416. The van der Waals surface area contributed by atoms with E-state index in [1.54, 1.807) is 0 Å². The first-order valence-corrected chi connectivity index (χ1v) is 7.50. The van der Waals surface area contributed by atoms with E-state index in [9.17, 15) is 0 Å². The first kappa shape index (κ1) is 12.9. The molecule has 2 heterocycles. The zero-order valence-corrected chi connectivity index (χ0v) is 12.0. The molecular formula is C15H24N4. The van der Waals surface area contributed by atoms with E-state index < -0.39 is 0 Å². The van der Waals surface area contributed by atoms with Gasteiger partial charge in [0.05, 0.1) is 0 Å². The van der Waals surface area contributed by atoms with Crippen LogP contribution >= 0.6 is 0 Å². The van der Waals surface area contributed by atoms with Crippen LogP contribution in [0.3, 0.4) is 0 Å². The minimum absolute atomic E-state index is 0.416. The summed E-state index contributed by atoms with van der Waals surface area (Å²) in [5.41, 5.74) is 7.25. The first-order chi connectivity index (χ1) is 9.15. The van der Waals surface area contributed by atoms with Crippen molar-refractivity contribution in [2.45, 2.75) is 45.6 Å². The van der Waals surface area contributed by atoms with Crippen LogP contribution in [-0.4, -0.2) is 29.1 Å². The van der Waals surface area contributed by atoms with E-state index in [0.29, 0.717) is 6.04 Å². The van der Waals surface area contributed by atoms with Crippen LogP contribution in [0.2, 0.25) is 0 Å². The Bertz CT molecular complexity index is 459. The van der Waals surface area contributed by atoms with Gasteiger partial charge in [-0.25, -0.2) is 9.97 Å². The van der Waals surface area contributed by atoms with Crippen LogP contribution in [0.1, 0.15) is 37.7 Å². The van der Waals surface area contributed by atoms with Crippen LogP contribution in [0.15, 0.2) is 6.07 Å². The minimum Gasteiger partial charge on any atom is -0.356 e. The normalized spacial score (nSPS) is 30.5. The standard InChI is InChI=1S/C15H24N4/c1-3-14-7-15(18-10(2)17-14)19-8-11-4-5-13(16)6-12(11)9-19/h7,11-13H,3-6,8-9,16H2,1-2H3/t11-,12+,13?/m1/s1. The highest BCUT2D eigenvalue weighted by atomic mass is 15.2. The highest BCUT2D eigenvalue weighted by Gasteiger charge is 2.37. The van der Waals surface area contributed by atoms with Gasteiger partial charge in [-0.15, -0.1) is 0 Å². The van der Waals surface area contributed by atoms with Gasteiger partial charge < -0.3 is 10.6 Å². The molecule has 4 heteroatoms. The van der Waals surface area contributed by atoms with Crippen LogP contribution in [0.25, 0.3) is 0 Å². The van der Waals surface area contributed by atoms with Crippen LogP contribution in [0.5, 0.6) is 0 Å². The van der Waals surface area contributed by atoms with E-state index in [-0.39, 0.29) is 0 Å². The van der Waals surface area contributed by atoms with Crippen LogP contribution in [-0.2, 0) is 6.42 Å². The Morgan fingerprint density at radius 3 is 2.84 bits per heavy atom. The molecule has 0 bridgehead atoms. The zero-order valence-electron chi connectivity index (χ0n) is 12.0. The van der Waals surface area contributed by atoms with Gasteiger partial charge in [0, 0.05) is 30.9 Å². The molecule has 1 saturated carbocycles. The monoisotopic (exact) mass is 260 g/mol. The van der Waals surface area contributed by atoms with Crippen molar-refractivity contribution in [3.05, 3.63) is 17.6 Å². The lowest BCUT2D eigenvalue weighted by Crippen LogP contribution is -2.32. The molecule has 2 N–H and O–H groups in total. The average molecular weight is 260 g/mol. The third-order valence-corrected chi connectivity index (χ3v) is 4.65. The second kappa shape index (κ2) is 5.08. The highest BCUT2D eigenvalue weighted by molar-refractivity contribution is 5.41. The number of aryl methyl sites for hydroxylation is 2. The van der Waals surface area contributed by atoms with E-state index in [1.807, 2.05) is 6.92 Å². The Balaban J connectivity index is 1.78. The first-order valence-electron chi connectivity index (χ1n) is 7.50. The molecule has 1 aliphatic carbocycles. The Morgan fingerprint density at radius 2 is 2.05 bits per heavy atom. The number of fused-ring (bicyclic) bond motifs is 1. The second-order valence-electron chi connectivity index (χ2n) is 6.12. The molecule has 1 aromatic heterocycles. The van der Waals surface area contributed by atoms with Crippen molar-refractivity contribution < 1.29 is 0 Å². The van der Waals surface area contributed by atoms with E-state index in [2.05, 4.69) is 27.9 Å². The molecule has 1 unspecified atom stereocenters. The molecule has 19 heavy (non-hydrogen) atoms. The van der Waals surface area contributed by atoms with Gasteiger partial charge in [-0.1, -0.05) is 6.92 Å². The van der Waals surface area contributed by atoms with Crippen LogP contribution in [0, 0.1) is 18.8 Å². The van der Waals surface area contributed by atoms with Gasteiger partial charge >= 0.3 is 0 Å². The van der Waals surface area contributed by atoms with Crippen molar-refractivity contribution >= 4 is 5.82 Å². The predicted octanol–water partition coefficient (Wildman–Crippen LogP) is 1.91. The molecule has 2 aliphatic rings. The highest BCUT2D eigenvalue weighted by Crippen LogP contribution is 2.37. The molecule has 0 aromatic carbocycles. The summed E-state index contributed by atoms with van der Waals surface area (Å²) < 4.78 is 0. The summed E-state index contributed by atoms with van der Waals surface area (Å²) in [6, 6.07) is 2.57. The summed E-state index contributed by atoms with van der Waals surface area (Å²) >= 11 is 0. The third kappa shape index (κ3) is 2.59. The summed E-state index contributed by atoms with van der Waals surface area (Å²) in [7, 11) is 0. The molecule has 2 fully saturated rings. The molecule has 0 amide bonds. The molecule has 3 atom stereocenters. The van der Waals surface area contributed by atoms with Gasteiger partial charge in [-0.3, -0.25) is 0 Å². The fourth-order valence-corrected chi connectivity index (χ4v) is 3.61. The lowest BCUT2D eigenvalue weighted by atomic mass is 9.79. The number of nitrogens with zero attached hydrogens (tertiary/aromatic N) is 3. The molecule has 1 aromatic rings. The van der Waals surface area contributed by atoms with Crippen molar-refractivity contribution in [3.63, 3.8) is 0 Å². The fraction of sp³-hybridized carbons (Fsp3) is 0.733. The van der Waals surface area contributed by atoms with Gasteiger partial charge in [-0.05, 0) is 44.4 Å². The second-order valence-corrected chi connectivity index (χ2v) is 6.12. The number of aromatic nitrogens is 2. The van der Waals surface area contributed by atoms with Crippen molar-refractivity contribution in [1.29, 1.82) is 0 Å². The maximum Gasteiger partial charge on any atom is 0.132 e. The molecule has 1 saturated heterocycles. The number of nitrogens with two attached hydrogens (primary N) is 1. The molecule has 0 spiro atoms. The largest absolute Gasteiger partial charge is 0.356 e. The lowest BCUT2D eigenvalue weighted by molar-refractivity contribution is 0.271.